The Balaban J connectivity index is 2.62. The van der Waals surface area contributed by atoms with Gasteiger partial charge in [-0.2, -0.15) is 5.26 Å². The molecule has 0 spiro atoms. The van der Waals surface area contributed by atoms with Crippen LogP contribution in [0.5, 0.6) is 0 Å². The average Bonchev–Trinajstić information content (AvgIpc) is 2.15. The van der Waals surface area contributed by atoms with Crippen LogP contribution in [0.25, 0.3) is 0 Å². The molecule has 0 atom stereocenters. The molecule has 0 bridgehead atoms. The number of benzene rings is 1. The van der Waals surface area contributed by atoms with Crippen LogP contribution in [0, 0.1) is 11.3 Å². The highest BCUT2D eigenvalue weighted by atomic mass is 19.3. The molecule has 15 heavy (non-hydrogen) atoms. The van der Waals surface area contributed by atoms with Gasteiger partial charge in [0, 0.05) is 12.6 Å². The van der Waals surface area contributed by atoms with E-state index in [0.717, 1.165) is 12.5 Å². The van der Waals surface area contributed by atoms with Gasteiger partial charge in [0.25, 0.3) is 5.92 Å². The van der Waals surface area contributed by atoms with Gasteiger partial charge >= 0.3 is 0 Å². The fourth-order valence-electron chi connectivity index (χ4n) is 1.14. The predicted octanol–water partition coefficient (Wildman–Crippen LogP) is 2.82. The lowest BCUT2D eigenvalue weighted by Gasteiger charge is -2.12. The number of anilines is 1. The Labute approximate surface area is 87.5 Å². The Hall–Kier alpha value is -1.63. The summed E-state index contributed by atoms with van der Waals surface area (Å²) < 4.78 is 25.1. The van der Waals surface area contributed by atoms with Gasteiger partial charge in [0.1, 0.15) is 0 Å². The molecule has 0 unspecified atom stereocenters. The molecule has 0 aliphatic carbocycles. The summed E-state index contributed by atoms with van der Waals surface area (Å²) >= 11 is 0. The highest BCUT2D eigenvalue weighted by molar-refractivity contribution is 5.46. The van der Waals surface area contributed by atoms with E-state index in [4.69, 9.17) is 5.26 Å². The fraction of sp³-hybridized carbons (Fsp3) is 0.364. The summed E-state index contributed by atoms with van der Waals surface area (Å²) in [5, 5.41) is 11.1. The second-order valence-electron chi connectivity index (χ2n) is 3.46. The zero-order valence-electron chi connectivity index (χ0n) is 8.43. The number of rotatable bonds is 4. The molecule has 0 saturated carbocycles. The average molecular weight is 210 g/mol. The molecular weight excluding hydrogens is 198 g/mol. The lowest BCUT2D eigenvalue weighted by Crippen LogP contribution is -2.22. The number of nitrogens with one attached hydrogen (secondary N) is 1. The minimum Gasteiger partial charge on any atom is -0.379 e. The molecule has 0 aliphatic heterocycles. The van der Waals surface area contributed by atoms with Gasteiger partial charge in [-0.05, 0) is 17.7 Å². The summed E-state index contributed by atoms with van der Waals surface area (Å²) in [7, 11) is 0. The first-order valence-electron chi connectivity index (χ1n) is 4.59. The molecule has 0 aliphatic rings. The van der Waals surface area contributed by atoms with Crippen LogP contribution in [-0.4, -0.2) is 12.5 Å². The molecule has 1 aromatic rings. The molecule has 4 heteroatoms. The summed E-state index contributed by atoms with van der Waals surface area (Å²) in [6, 6.07) is 8.94. The van der Waals surface area contributed by atoms with Crippen LogP contribution in [0.3, 0.4) is 0 Å². The molecule has 2 nitrogen and oxygen atoms in total. The summed E-state index contributed by atoms with van der Waals surface area (Å²) in [5.74, 6) is -2.73. The van der Waals surface area contributed by atoms with Gasteiger partial charge in [-0.15, -0.1) is 0 Å². The Bertz CT molecular complexity index is 364. The molecule has 1 N–H and O–H groups in total. The molecular formula is C11H12F2N2. The minimum absolute atomic E-state index is 0.290. The van der Waals surface area contributed by atoms with Gasteiger partial charge in [-0.1, -0.05) is 12.1 Å². The maximum atomic E-state index is 12.5. The molecule has 0 fully saturated rings. The van der Waals surface area contributed by atoms with Crippen molar-refractivity contribution in [3.05, 3.63) is 29.8 Å². The van der Waals surface area contributed by atoms with Gasteiger partial charge in [0.05, 0.1) is 19.0 Å². The van der Waals surface area contributed by atoms with Crippen molar-refractivity contribution in [2.45, 2.75) is 19.3 Å². The molecule has 0 radical (unpaired) electrons. The van der Waals surface area contributed by atoms with Crippen LogP contribution >= 0.6 is 0 Å². The van der Waals surface area contributed by atoms with Crippen molar-refractivity contribution in [2.24, 2.45) is 0 Å². The van der Waals surface area contributed by atoms with Crippen molar-refractivity contribution in [2.75, 3.05) is 11.9 Å². The summed E-state index contributed by atoms with van der Waals surface area (Å²) in [4.78, 5) is 0. The summed E-state index contributed by atoms with van der Waals surface area (Å²) in [5.41, 5.74) is 1.44. The SMILES string of the molecule is CC(F)(F)CNc1cccc(CC#N)c1. The standard InChI is InChI=1S/C11H12F2N2/c1-11(12,13)8-15-10-4-2-3-9(7-10)5-6-14/h2-4,7,15H,5,8H2,1H3. The number of nitrogens with zero attached hydrogens (tertiary/aromatic N) is 1. The number of halogens is 2. The topological polar surface area (TPSA) is 35.8 Å². The monoisotopic (exact) mass is 210 g/mol. The Morgan fingerprint density at radius 1 is 1.47 bits per heavy atom. The first kappa shape index (κ1) is 11.4. The van der Waals surface area contributed by atoms with E-state index >= 15 is 0 Å². The zero-order chi connectivity index (χ0) is 11.3. The van der Waals surface area contributed by atoms with Crippen molar-refractivity contribution < 1.29 is 8.78 Å². The first-order valence-corrected chi connectivity index (χ1v) is 4.59. The lowest BCUT2D eigenvalue weighted by atomic mass is 10.1. The van der Waals surface area contributed by atoms with Crippen molar-refractivity contribution in [3.8, 4) is 6.07 Å². The van der Waals surface area contributed by atoms with E-state index in [9.17, 15) is 8.78 Å². The minimum atomic E-state index is -2.73. The Morgan fingerprint density at radius 2 is 2.20 bits per heavy atom. The molecule has 80 valence electrons. The van der Waals surface area contributed by atoms with Crippen LogP contribution in [0.1, 0.15) is 12.5 Å². The van der Waals surface area contributed by atoms with Crippen molar-refractivity contribution >= 4 is 5.69 Å². The highest BCUT2D eigenvalue weighted by Crippen LogP contribution is 2.15. The Morgan fingerprint density at radius 3 is 2.80 bits per heavy atom. The Kier molecular flexibility index (Phi) is 3.62. The van der Waals surface area contributed by atoms with Gasteiger partial charge in [-0.3, -0.25) is 0 Å². The van der Waals surface area contributed by atoms with E-state index in [1.165, 1.54) is 0 Å². The first-order chi connectivity index (χ1) is 7.01. The van der Waals surface area contributed by atoms with E-state index < -0.39 is 12.5 Å². The third kappa shape index (κ3) is 4.41. The van der Waals surface area contributed by atoms with Crippen LogP contribution < -0.4 is 5.32 Å². The van der Waals surface area contributed by atoms with E-state index in [2.05, 4.69) is 5.32 Å². The zero-order valence-corrected chi connectivity index (χ0v) is 8.43. The van der Waals surface area contributed by atoms with Crippen molar-refractivity contribution in [1.82, 2.24) is 0 Å². The number of nitriles is 1. The smallest absolute Gasteiger partial charge is 0.262 e. The van der Waals surface area contributed by atoms with Crippen molar-refractivity contribution in [1.29, 1.82) is 5.26 Å². The van der Waals surface area contributed by atoms with E-state index in [-0.39, 0.29) is 6.42 Å². The third-order valence-electron chi connectivity index (χ3n) is 1.81. The van der Waals surface area contributed by atoms with Crippen LogP contribution in [0.2, 0.25) is 0 Å². The normalized spacial score (nSPS) is 10.8. The molecule has 0 heterocycles. The summed E-state index contributed by atoms with van der Waals surface area (Å²) in [6.45, 7) is 0.460. The third-order valence-corrected chi connectivity index (χ3v) is 1.81. The largest absolute Gasteiger partial charge is 0.379 e. The number of alkyl halides is 2. The number of hydrogen-bond donors (Lipinski definition) is 1. The maximum absolute atomic E-state index is 12.5. The molecule has 0 aromatic heterocycles. The van der Waals surface area contributed by atoms with Gasteiger partial charge < -0.3 is 5.32 Å². The van der Waals surface area contributed by atoms with Gasteiger partial charge in [0.2, 0.25) is 0 Å². The summed E-state index contributed by atoms with van der Waals surface area (Å²) in [6.07, 6.45) is 0.290. The van der Waals surface area contributed by atoms with Crippen LogP contribution in [0.15, 0.2) is 24.3 Å². The second kappa shape index (κ2) is 4.74. The molecule has 0 saturated heterocycles. The van der Waals surface area contributed by atoms with E-state index in [0.29, 0.717) is 5.69 Å². The van der Waals surface area contributed by atoms with Crippen LogP contribution in [0.4, 0.5) is 14.5 Å². The molecule has 0 amide bonds. The van der Waals surface area contributed by atoms with Crippen LogP contribution in [-0.2, 0) is 6.42 Å². The quantitative estimate of drug-likeness (QED) is 0.829. The van der Waals surface area contributed by atoms with E-state index in [1.54, 1.807) is 24.3 Å². The number of hydrogen-bond acceptors (Lipinski definition) is 2. The maximum Gasteiger partial charge on any atom is 0.262 e. The van der Waals surface area contributed by atoms with Gasteiger partial charge in [-0.25, -0.2) is 8.78 Å². The predicted molar refractivity (Wildman–Crippen MR) is 54.9 cm³/mol. The van der Waals surface area contributed by atoms with Gasteiger partial charge in [0.15, 0.2) is 0 Å². The van der Waals surface area contributed by atoms with Crippen molar-refractivity contribution in [3.63, 3.8) is 0 Å². The second-order valence-corrected chi connectivity index (χ2v) is 3.46. The highest BCUT2D eigenvalue weighted by Gasteiger charge is 2.20. The molecule has 1 aromatic carbocycles. The lowest BCUT2D eigenvalue weighted by molar-refractivity contribution is 0.0368. The van der Waals surface area contributed by atoms with E-state index in [1.807, 2.05) is 6.07 Å². The molecule has 1 rings (SSSR count). The fourth-order valence-corrected chi connectivity index (χ4v) is 1.14.